The molecule has 0 N–H and O–H groups in total. The fourth-order valence-electron chi connectivity index (χ4n) is 3.45. The van der Waals surface area contributed by atoms with Crippen molar-refractivity contribution in [3.05, 3.63) is 29.6 Å². The van der Waals surface area contributed by atoms with E-state index in [-0.39, 0.29) is 5.82 Å². The Hall–Kier alpha value is -0.800. The van der Waals surface area contributed by atoms with Gasteiger partial charge in [0, 0.05) is 35.6 Å². The van der Waals surface area contributed by atoms with Crippen molar-refractivity contribution >= 4 is 11.6 Å². The van der Waals surface area contributed by atoms with Gasteiger partial charge in [-0.25, -0.2) is 4.39 Å². The summed E-state index contributed by atoms with van der Waals surface area (Å²) in [5, 5.41) is 0.300. The van der Waals surface area contributed by atoms with E-state index in [0.29, 0.717) is 29.8 Å². The third-order valence-corrected chi connectivity index (χ3v) is 4.80. The molecule has 2 aliphatic heterocycles. The van der Waals surface area contributed by atoms with Crippen LogP contribution in [-0.4, -0.2) is 29.5 Å². The van der Waals surface area contributed by atoms with Crippen LogP contribution in [0.25, 0.3) is 0 Å². The molecule has 2 aliphatic rings. The van der Waals surface area contributed by atoms with E-state index in [4.69, 9.17) is 16.3 Å². The highest BCUT2D eigenvalue weighted by Crippen LogP contribution is 2.39. The summed E-state index contributed by atoms with van der Waals surface area (Å²) in [5.41, 5.74) is 0.755. The number of ether oxygens (including phenoxy) is 1. The minimum absolute atomic E-state index is 0.174. The quantitative estimate of drug-likeness (QED) is 0.787. The summed E-state index contributed by atoms with van der Waals surface area (Å²) in [6.45, 7) is 0.689. The summed E-state index contributed by atoms with van der Waals surface area (Å²) in [4.78, 5) is 2.43. The summed E-state index contributed by atoms with van der Waals surface area (Å²) in [6, 6.07) is 6.19. The molecule has 19 heavy (non-hydrogen) atoms. The number of halogens is 2. The molecule has 0 spiro atoms. The number of fused-ring (bicyclic) bond motifs is 2. The van der Waals surface area contributed by atoms with Gasteiger partial charge in [0.15, 0.2) is 0 Å². The summed E-state index contributed by atoms with van der Waals surface area (Å²) >= 11 is 6.27. The maximum Gasteiger partial charge on any atom is 0.131 e. The lowest BCUT2D eigenvalue weighted by molar-refractivity contribution is 0.133. The first-order valence-corrected chi connectivity index (χ1v) is 7.33. The zero-order chi connectivity index (χ0) is 13.4. The van der Waals surface area contributed by atoms with E-state index in [2.05, 4.69) is 4.90 Å². The number of rotatable bonds is 3. The maximum atomic E-state index is 14.0. The number of methoxy groups -OCH3 is 1. The fraction of sp³-hybridized carbons (Fsp3) is 0.600. The lowest BCUT2D eigenvalue weighted by atomic mass is 10.0. The Bertz CT molecular complexity index is 453. The van der Waals surface area contributed by atoms with Crippen LogP contribution in [0.3, 0.4) is 0 Å². The van der Waals surface area contributed by atoms with Crippen molar-refractivity contribution in [2.45, 2.75) is 49.7 Å². The van der Waals surface area contributed by atoms with E-state index in [1.54, 1.807) is 7.11 Å². The van der Waals surface area contributed by atoms with Crippen LogP contribution in [0, 0.1) is 5.82 Å². The van der Waals surface area contributed by atoms with E-state index in [0.717, 1.165) is 18.4 Å². The largest absolute Gasteiger partial charge is 0.497 e. The first kappa shape index (κ1) is 13.2. The molecule has 2 saturated heterocycles. The van der Waals surface area contributed by atoms with Gasteiger partial charge in [-0.1, -0.05) is 6.07 Å². The maximum absolute atomic E-state index is 14.0. The third kappa shape index (κ3) is 2.59. The smallest absolute Gasteiger partial charge is 0.131 e. The molecule has 2 bridgehead atoms. The van der Waals surface area contributed by atoms with Crippen molar-refractivity contribution < 1.29 is 9.13 Å². The van der Waals surface area contributed by atoms with Crippen molar-refractivity contribution in [3.8, 4) is 5.75 Å². The molecular formula is C15H19ClFNO. The van der Waals surface area contributed by atoms with Gasteiger partial charge in [-0.2, -0.15) is 0 Å². The molecule has 2 heterocycles. The van der Waals surface area contributed by atoms with Crippen LogP contribution in [0.2, 0.25) is 0 Å². The lowest BCUT2D eigenvalue weighted by Gasteiger charge is -2.37. The second kappa shape index (κ2) is 5.29. The number of alkyl halides is 1. The molecule has 0 amide bonds. The van der Waals surface area contributed by atoms with Crippen LogP contribution >= 0.6 is 11.6 Å². The van der Waals surface area contributed by atoms with Gasteiger partial charge in [0.2, 0.25) is 0 Å². The Balaban J connectivity index is 1.75. The molecule has 1 aromatic rings. The molecule has 0 saturated carbocycles. The number of hydrogen-bond acceptors (Lipinski definition) is 2. The molecule has 2 nitrogen and oxygen atoms in total. The van der Waals surface area contributed by atoms with Crippen molar-refractivity contribution in [1.82, 2.24) is 4.90 Å². The Labute approximate surface area is 118 Å². The molecule has 4 heteroatoms. The van der Waals surface area contributed by atoms with Crippen LogP contribution in [0.5, 0.6) is 5.75 Å². The van der Waals surface area contributed by atoms with Gasteiger partial charge in [0.25, 0.3) is 0 Å². The average Bonchev–Trinajstić information content (AvgIpc) is 2.63. The highest BCUT2D eigenvalue weighted by Gasteiger charge is 2.40. The first-order chi connectivity index (χ1) is 9.17. The van der Waals surface area contributed by atoms with Crippen molar-refractivity contribution in [2.24, 2.45) is 0 Å². The van der Waals surface area contributed by atoms with Gasteiger partial charge in [0.05, 0.1) is 7.11 Å². The number of hydrogen-bond donors (Lipinski definition) is 0. The lowest BCUT2D eigenvalue weighted by Crippen LogP contribution is -2.42. The number of benzene rings is 1. The fourth-order valence-corrected chi connectivity index (χ4v) is 3.86. The molecule has 0 aromatic heterocycles. The van der Waals surface area contributed by atoms with Crippen LogP contribution < -0.4 is 4.74 Å². The molecule has 3 rings (SSSR count). The standard InChI is InChI=1S/C15H19ClFNO/c1-19-14-5-2-10(15(17)8-14)9-18-12-3-4-13(18)7-11(16)6-12/h2,5,8,11-13H,3-4,6-7,9H2,1H3. The molecule has 2 atom stereocenters. The van der Waals surface area contributed by atoms with Gasteiger partial charge >= 0.3 is 0 Å². The van der Waals surface area contributed by atoms with E-state index in [9.17, 15) is 4.39 Å². The van der Waals surface area contributed by atoms with Crippen LogP contribution in [0.15, 0.2) is 18.2 Å². The predicted molar refractivity (Wildman–Crippen MR) is 74.2 cm³/mol. The van der Waals surface area contributed by atoms with Crippen LogP contribution in [0.1, 0.15) is 31.2 Å². The highest BCUT2D eigenvalue weighted by atomic mass is 35.5. The Kier molecular flexibility index (Phi) is 3.68. The molecule has 2 fully saturated rings. The molecule has 104 valence electrons. The number of nitrogens with zero attached hydrogens (tertiary/aromatic N) is 1. The normalized spacial score (nSPS) is 30.6. The zero-order valence-corrected chi connectivity index (χ0v) is 11.9. The summed E-state index contributed by atoms with van der Waals surface area (Å²) in [6.07, 6.45) is 4.48. The second-order valence-corrected chi connectivity index (χ2v) is 6.20. The van der Waals surface area contributed by atoms with Gasteiger partial charge < -0.3 is 4.74 Å². The molecule has 0 aliphatic carbocycles. The predicted octanol–water partition coefficient (Wildman–Crippen LogP) is 3.57. The Morgan fingerprint density at radius 1 is 1.32 bits per heavy atom. The van der Waals surface area contributed by atoms with Gasteiger partial charge in [-0.3, -0.25) is 4.90 Å². The molecular weight excluding hydrogens is 265 g/mol. The minimum atomic E-state index is -0.174. The van der Waals surface area contributed by atoms with Crippen molar-refractivity contribution in [1.29, 1.82) is 0 Å². The van der Waals surface area contributed by atoms with Crippen LogP contribution in [0.4, 0.5) is 4.39 Å². The van der Waals surface area contributed by atoms with E-state index >= 15 is 0 Å². The summed E-state index contributed by atoms with van der Waals surface area (Å²) < 4.78 is 19.0. The summed E-state index contributed by atoms with van der Waals surface area (Å²) in [7, 11) is 1.56. The topological polar surface area (TPSA) is 12.5 Å². The third-order valence-electron chi connectivity index (χ3n) is 4.44. The van der Waals surface area contributed by atoms with E-state index in [1.807, 2.05) is 12.1 Å². The average molecular weight is 284 g/mol. The van der Waals surface area contributed by atoms with E-state index in [1.165, 1.54) is 18.9 Å². The number of piperidine rings is 1. The Morgan fingerprint density at radius 3 is 2.58 bits per heavy atom. The van der Waals surface area contributed by atoms with Crippen molar-refractivity contribution in [3.63, 3.8) is 0 Å². The summed E-state index contributed by atoms with van der Waals surface area (Å²) in [5.74, 6) is 0.399. The minimum Gasteiger partial charge on any atom is -0.497 e. The van der Waals surface area contributed by atoms with Gasteiger partial charge in [-0.05, 0) is 31.7 Å². The van der Waals surface area contributed by atoms with E-state index < -0.39 is 0 Å². The van der Waals surface area contributed by atoms with Crippen LogP contribution in [-0.2, 0) is 6.54 Å². The molecule has 0 radical (unpaired) electrons. The molecule has 1 aromatic carbocycles. The SMILES string of the molecule is COc1ccc(CN2C3CCC2CC(Cl)C3)c(F)c1. The van der Waals surface area contributed by atoms with Gasteiger partial charge in [-0.15, -0.1) is 11.6 Å². The second-order valence-electron chi connectivity index (χ2n) is 5.58. The monoisotopic (exact) mass is 283 g/mol. The highest BCUT2D eigenvalue weighted by molar-refractivity contribution is 6.20. The van der Waals surface area contributed by atoms with Gasteiger partial charge in [0.1, 0.15) is 11.6 Å². The Morgan fingerprint density at radius 2 is 2.00 bits per heavy atom. The zero-order valence-electron chi connectivity index (χ0n) is 11.1. The first-order valence-electron chi connectivity index (χ1n) is 6.89. The van der Waals surface area contributed by atoms with Crippen molar-refractivity contribution in [2.75, 3.05) is 7.11 Å². The molecule has 2 unspecified atom stereocenters.